The van der Waals surface area contributed by atoms with Gasteiger partial charge in [-0.15, -0.1) is 0 Å². The number of H-pyrrole nitrogens is 1. The van der Waals surface area contributed by atoms with Crippen LogP contribution in [0.4, 0.5) is 0 Å². The normalized spacial score (nSPS) is 15.8. The van der Waals surface area contributed by atoms with E-state index in [1.54, 1.807) is 12.3 Å². The van der Waals surface area contributed by atoms with E-state index >= 15 is 0 Å². The maximum Gasteiger partial charge on any atom is 0.417 e. The maximum absolute atomic E-state index is 13.2. The number of aromatic amines is 1. The zero-order valence-corrected chi connectivity index (χ0v) is 15.9. The number of carbonyl (C=O) groups is 1. The van der Waals surface area contributed by atoms with Gasteiger partial charge in [0, 0.05) is 30.4 Å². The van der Waals surface area contributed by atoms with Gasteiger partial charge in [-0.2, -0.15) is 0 Å². The summed E-state index contributed by atoms with van der Waals surface area (Å²) in [5, 5.41) is 0. The lowest BCUT2D eigenvalue weighted by Gasteiger charge is -2.26. The van der Waals surface area contributed by atoms with Gasteiger partial charge in [0.25, 0.3) is 5.91 Å². The van der Waals surface area contributed by atoms with Gasteiger partial charge in [-0.3, -0.25) is 14.8 Å². The minimum Gasteiger partial charge on any atom is -0.408 e. The molecule has 0 spiro atoms. The summed E-state index contributed by atoms with van der Waals surface area (Å²) in [5.41, 5.74) is 5.91. The Labute approximate surface area is 166 Å². The number of aromatic nitrogens is 2. The number of oxazole rings is 1. The Kier molecular flexibility index (Phi) is 4.05. The molecule has 1 N–H and O–H groups in total. The van der Waals surface area contributed by atoms with Crippen molar-refractivity contribution in [3.8, 4) is 0 Å². The van der Waals surface area contributed by atoms with Gasteiger partial charge >= 0.3 is 5.76 Å². The molecule has 0 aliphatic carbocycles. The summed E-state index contributed by atoms with van der Waals surface area (Å²) in [6, 6.07) is 17.1. The second-order valence-corrected chi connectivity index (χ2v) is 7.35. The molecule has 2 aromatic heterocycles. The SMILES string of the molecule is Cc1cccnc1C[C@@H]1c2ccccc2C(=O)N1Cc1ccc2[nH]c(=O)oc2c1. The average molecular weight is 385 g/mol. The lowest BCUT2D eigenvalue weighted by atomic mass is 9.98. The topological polar surface area (TPSA) is 79.2 Å². The molecule has 6 heteroatoms. The lowest BCUT2D eigenvalue weighted by molar-refractivity contribution is 0.0708. The summed E-state index contributed by atoms with van der Waals surface area (Å²) in [7, 11) is 0. The van der Waals surface area contributed by atoms with Crippen LogP contribution in [0, 0.1) is 6.92 Å². The summed E-state index contributed by atoms with van der Waals surface area (Å²) < 4.78 is 5.18. The third kappa shape index (κ3) is 3.02. The van der Waals surface area contributed by atoms with E-state index in [0.29, 0.717) is 24.1 Å². The van der Waals surface area contributed by atoms with Crippen LogP contribution < -0.4 is 5.76 Å². The van der Waals surface area contributed by atoms with Crippen molar-refractivity contribution in [2.45, 2.75) is 25.9 Å². The summed E-state index contributed by atoms with van der Waals surface area (Å²) in [4.78, 5) is 33.7. The van der Waals surface area contributed by atoms with Crippen LogP contribution in [-0.2, 0) is 13.0 Å². The van der Waals surface area contributed by atoms with Crippen LogP contribution in [0.5, 0.6) is 0 Å². The number of amides is 1. The summed E-state index contributed by atoms with van der Waals surface area (Å²) in [5.74, 6) is -0.472. The Balaban J connectivity index is 1.53. The van der Waals surface area contributed by atoms with Crippen LogP contribution in [-0.4, -0.2) is 20.8 Å². The average Bonchev–Trinajstić information content (AvgIpc) is 3.21. The fourth-order valence-corrected chi connectivity index (χ4v) is 4.05. The Morgan fingerprint density at radius 1 is 1.10 bits per heavy atom. The Hall–Kier alpha value is -3.67. The standard InChI is InChI=1S/C23H19N3O3/c1-14-5-4-10-24-19(14)12-20-16-6-2-3-7-17(16)22(27)26(20)13-15-8-9-18-21(11-15)29-23(28)25-18/h2-11,20H,12-13H2,1H3,(H,25,28)/t20-/m1/s1. The number of aryl methyl sites for hydroxylation is 1. The first-order valence-electron chi connectivity index (χ1n) is 9.52. The van der Waals surface area contributed by atoms with E-state index in [1.807, 2.05) is 60.4 Å². The van der Waals surface area contributed by atoms with Crippen molar-refractivity contribution in [1.29, 1.82) is 0 Å². The molecule has 1 aliphatic heterocycles. The number of fused-ring (bicyclic) bond motifs is 2. The highest BCUT2D eigenvalue weighted by Crippen LogP contribution is 2.37. The summed E-state index contributed by atoms with van der Waals surface area (Å²) in [6.07, 6.45) is 2.44. The summed E-state index contributed by atoms with van der Waals surface area (Å²) >= 11 is 0. The highest BCUT2D eigenvalue weighted by molar-refractivity contribution is 5.99. The van der Waals surface area contributed by atoms with Crippen LogP contribution >= 0.6 is 0 Å². The van der Waals surface area contributed by atoms with Crippen molar-refractivity contribution >= 4 is 17.0 Å². The number of pyridine rings is 1. The molecule has 1 atom stereocenters. The number of nitrogens with one attached hydrogen (secondary N) is 1. The van der Waals surface area contributed by atoms with Crippen LogP contribution in [0.1, 0.15) is 38.8 Å². The van der Waals surface area contributed by atoms with Crippen molar-refractivity contribution in [1.82, 2.24) is 14.9 Å². The Morgan fingerprint density at radius 2 is 1.97 bits per heavy atom. The van der Waals surface area contributed by atoms with Crippen molar-refractivity contribution in [2.24, 2.45) is 0 Å². The van der Waals surface area contributed by atoms with Crippen molar-refractivity contribution in [3.63, 3.8) is 0 Å². The van der Waals surface area contributed by atoms with Gasteiger partial charge in [0.05, 0.1) is 11.6 Å². The molecule has 6 nitrogen and oxygen atoms in total. The number of benzene rings is 2. The van der Waals surface area contributed by atoms with Crippen molar-refractivity contribution < 1.29 is 9.21 Å². The molecule has 0 fully saturated rings. The lowest BCUT2D eigenvalue weighted by Crippen LogP contribution is -2.29. The third-order valence-electron chi connectivity index (χ3n) is 5.53. The molecule has 0 unspecified atom stereocenters. The van der Waals surface area contributed by atoms with E-state index < -0.39 is 5.76 Å². The quantitative estimate of drug-likeness (QED) is 0.580. The zero-order chi connectivity index (χ0) is 20.0. The van der Waals surface area contributed by atoms with E-state index in [1.165, 1.54) is 0 Å². The predicted molar refractivity (Wildman–Crippen MR) is 109 cm³/mol. The molecule has 2 aromatic carbocycles. The molecule has 1 aliphatic rings. The van der Waals surface area contributed by atoms with Gasteiger partial charge in [-0.05, 0) is 47.9 Å². The highest BCUT2D eigenvalue weighted by Gasteiger charge is 2.36. The Bertz CT molecular complexity index is 1290. The number of hydrogen-bond donors (Lipinski definition) is 1. The largest absolute Gasteiger partial charge is 0.417 e. The van der Waals surface area contributed by atoms with Crippen LogP contribution in [0.2, 0.25) is 0 Å². The molecular formula is C23H19N3O3. The number of nitrogens with zero attached hydrogens (tertiary/aromatic N) is 2. The van der Waals surface area contributed by atoms with E-state index in [2.05, 4.69) is 9.97 Å². The fourth-order valence-electron chi connectivity index (χ4n) is 4.05. The molecule has 4 aromatic rings. The van der Waals surface area contributed by atoms with E-state index in [4.69, 9.17) is 4.42 Å². The first-order chi connectivity index (χ1) is 14.1. The molecule has 3 heterocycles. The van der Waals surface area contributed by atoms with Gasteiger partial charge in [-0.25, -0.2) is 4.79 Å². The monoisotopic (exact) mass is 385 g/mol. The third-order valence-corrected chi connectivity index (χ3v) is 5.53. The molecule has 0 saturated carbocycles. The van der Waals surface area contributed by atoms with Gasteiger partial charge in [-0.1, -0.05) is 30.3 Å². The van der Waals surface area contributed by atoms with Crippen LogP contribution in [0.3, 0.4) is 0 Å². The molecular weight excluding hydrogens is 366 g/mol. The van der Waals surface area contributed by atoms with Gasteiger partial charge in [0.2, 0.25) is 0 Å². The first kappa shape index (κ1) is 17.4. The molecule has 29 heavy (non-hydrogen) atoms. The molecule has 144 valence electrons. The second-order valence-electron chi connectivity index (χ2n) is 7.35. The molecule has 5 rings (SSSR count). The molecule has 0 saturated heterocycles. The van der Waals surface area contributed by atoms with Crippen molar-refractivity contribution in [2.75, 3.05) is 0 Å². The number of hydrogen-bond acceptors (Lipinski definition) is 4. The van der Waals surface area contributed by atoms with Crippen molar-refractivity contribution in [3.05, 3.63) is 99.3 Å². The first-order valence-corrected chi connectivity index (χ1v) is 9.52. The predicted octanol–water partition coefficient (Wildman–Crippen LogP) is 3.76. The molecule has 0 radical (unpaired) electrons. The zero-order valence-electron chi connectivity index (χ0n) is 15.9. The van der Waals surface area contributed by atoms with E-state index in [0.717, 1.165) is 27.9 Å². The van der Waals surface area contributed by atoms with Gasteiger partial charge in [0.1, 0.15) is 0 Å². The van der Waals surface area contributed by atoms with Crippen LogP contribution in [0.25, 0.3) is 11.1 Å². The van der Waals surface area contributed by atoms with E-state index in [9.17, 15) is 9.59 Å². The maximum atomic E-state index is 13.2. The van der Waals surface area contributed by atoms with E-state index in [-0.39, 0.29) is 11.9 Å². The molecule has 0 bridgehead atoms. The van der Waals surface area contributed by atoms with Gasteiger partial charge in [0.15, 0.2) is 5.58 Å². The number of carbonyl (C=O) groups excluding carboxylic acids is 1. The Morgan fingerprint density at radius 3 is 2.83 bits per heavy atom. The van der Waals surface area contributed by atoms with Gasteiger partial charge < -0.3 is 9.32 Å². The second kappa shape index (κ2) is 6.74. The van der Waals surface area contributed by atoms with Crippen LogP contribution in [0.15, 0.2) is 70.0 Å². The highest BCUT2D eigenvalue weighted by atomic mass is 16.4. The smallest absolute Gasteiger partial charge is 0.408 e. The summed E-state index contributed by atoms with van der Waals surface area (Å²) in [6.45, 7) is 2.46. The minimum absolute atomic E-state index is 0.00908. The minimum atomic E-state index is -0.481. The molecule has 1 amide bonds. The number of rotatable bonds is 4. The fraction of sp³-hybridized carbons (Fsp3) is 0.174.